The van der Waals surface area contributed by atoms with Gasteiger partial charge in [0.1, 0.15) is 19.2 Å². The maximum atomic E-state index is 12.6. The molecule has 0 saturated carbocycles. The SMILES string of the molecule is Bc1ccc2c(c1)C1(CC3(CCOCC3)O2)NC(=O)NC1=O. The first-order chi connectivity index (χ1) is 10.5. The molecule has 3 heterocycles. The van der Waals surface area contributed by atoms with Crippen LogP contribution in [0.1, 0.15) is 24.8 Å². The van der Waals surface area contributed by atoms with Crippen molar-refractivity contribution in [3.63, 3.8) is 0 Å². The van der Waals surface area contributed by atoms with Gasteiger partial charge in [0.2, 0.25) is 0 Å². The Morgan fingerprint density at radius 2 is 1.95 bits per heavy atom. The van der Waals surface area contributed by atoms with E-state index < -0.39 is 17.2 Å². The fourth-order valence-electron chi connectivity index (χ4n) is 3.74. The van der Waals surface area contributed by atoms with Crippen LogP contribution in [0.15, 0.2) is 18.2 Å². The summed E-state index contributed by atoms with van der Waals surface area (Å²) < 4.78 is 11.7. The summed E-state index contributed by atoms with van der Waals surface area (Å²) in [6.45, 7) is 1.21. The number of nitrogens with one attached hydrogen (secondary N) is 2. The third kappa shape index (κ3) is 1.85. The average Bonchev–Trinajstić information content (AvgIpc) is 2.75. The zero-order valence-corrected chi connectivity index (χ0v) is 12.4. The van der Waals surface area contributed by atoms with Crippen molar-refractivity contribution in [3.8, 4) is 5.75 Å². The highest BCUT2D eigenvalue weighted by Gasteiger charge is 2.58. The lowest BCUT2D eigenvalue weighted by Gasteiger charge is -2.47. The molecule has 0 aromatic heterocycles. The lowest BCUT2D eigenvalue weighted by atomic mass is 9.72. The molecule has 2 N–H and O–H groups in total. The number of carbonyl (C=O) groups is 2. The van der Waals surface area contributed by atoms with Gasteiger partial charge in [-0.2, -0.15) is 0 Å². The molecule has 2 saturated heterocycles. The minimum atomic E-state index is -1.03. The molecule has 0 radical (unpaired) electrons. The normalized spacial score (nSPS) is 28.9. The zero-order valence-electron chi connectivity index (χ0n) is 12.4. The lowest BCUT2D eigenvalue weighted by molar-refractivity contribution is -0.131. The molecule has 2 spiro atoms. The number of hydrogen-bond donors (Lipinski definition) is 2. The molecule has 114 valence electrons. The third-order valence-corrected chi connectivity index (χ3v) is 4.85. The van der Waals surface area contributed by atoms with Crippen molar-refractivity contribution < 1.29 is 19.1 Å². The Kier molecular flexibility index (Phi) is 2.78. The lowest BCUT2D eigenvalue weighted by Crippen LogP contribution is -2.57. The molecule has 1 aromatic rings. The van der Waals surface area contributed by atoms with E-state index in [9.17, 15) is 9.59 Å². The molecular weight excluding hydrogens is 283 g/mol. The summed E-state index contributed by atoms with van der Waals surface area (Å²) in [5, 5.41) is 5.24. The smallest absolute Gasteiger partial charge is 0.322 e. The summed E-state index contributed by atoms with van der Waals surface area (Å²) in [4.78, 5) is 24.4. The minimum absolute atomic E-state index is 0.293. The van der Waals surface area contributed by atoms with Gasteiger partial charge >= 0.3 is 6.03 Å². The standard InChI is InChI=1S/C15H17BN2O4/c16-9-1-2-11-10(7-9)15(12(19)17-13(20)18-15)8-14(22-11)3-5-21-6-4-14/h1-2,7H,3-6,8,16H2,(H2,17,18,19,20). The van der Waals surface area contributed by atoms with Crippen molar-refractivity contribution in [2.45, 2.75) is 30.4 Å². The Bertz CT molecular complexity index is 672. The van der Waals surface area contributed by atoms with Crippen LogP contribution in [-0.2, 0) is 15.1 Å². The van der Waals surface area contributed by atoms with Crippen molar-refractivity contribution in [3.05, 3.63) is 23.8 Å². The molecule has 7 heteroatoms. The Morgan fingerprint density at radius 1 is 1.18 bits per heavy atom. The summed E-state index contributed by atoms with van der Waals surface area (Å²) in [6, 6.07) is 5.33. The van der Waals surface area contributed by atoms with Crippen LogP contribution in [0.4, 0.5) is 4.79 Å². The molecule has 3 aliphatic heterocycles. The molecule has 0 bridgehead atoms. The molecule has 1 aromatic carbocycles. The molecule has 6 nitrogen and oxygen atoms in total. The van der Waals surface area contributed by atoms with Crippen molar-refractivity contribution in [2.24, 2.45) is 0 Å². The highest BCUT2D eigenvalue weighted by atomic mass is 16.5. The van der Waals surface area contributed by atoms with Gasteiger partial charge in [0.25, 0.3) is 5.91 Å². The van der Waals surface area contributed by atoms with E-state index in [2.05, 4.69) is 10.6 Å². The van der Waals surface area contributed by atoms with E-state index in [4.69, 9.17) is 9.47 Å². The fourth-order valence-corrected chi connectivity index (χ4v) is 3.74. The molecule has 3 amide bonds. The van der Waals surface area contributed by atoms with E-state index in [1.54, 1.807) is 0 Å². The summed E-state index contributed by atoms with van der Waals surface area (Å²) >= 11 is 0. The number of fused-ring (bicyclic) bond motifs is 2. The van der Waals surface area contributed by atoms with Crippen molar-refractivity contribution >= 4 is 25.2 Å². The van der Waals surface area contributed by atoms with Gasteiger partial charge in [0, 0.05) is 24.8 Å². The van der Waals surface area contributed by atoms with Crippen molar-refractivity contribution in [1.29, 1.82) is 0 Å². The quantitative estimate of drug-likeness (QED) is 0.491. The van der Waals surface area contributed by atoms with E-state index in [0.29, 0.717) is 38.2 Å². The van der Waals surface area contributed by atoms with Crippen LogP contribution in [0.3, 0.4) is 0 Å². The predicted octanol–water partition coefficient (Wildman–Crippen LogP) is -0.689. The number of ether oxygens (including phenoxy) is 2. The van der Waals surface area contributed by atoms with E-state index in [0.717, 1.165) is 11.0 Å². The summed E-state index contributed by atoms with van der Waals surface area (Å²) in [6.07, 6.45) is 1.87. The van der Waals surface area contributed by atoms with Crippen LogP contribution >= 0.6 is 0 Å². The fraction of sp³-hybridized carbons (Fsp3) is 0.467. The molecule has 0 aliphatic carbocycles. The Morgan fingerprint density at radius 3 is 2.64 bits per heavy atom. The first-order valence-electron chi connectivity index (χ1n) is 7.55. The monoisotopic (exact) mass is 300 g/mol. The van der Waals surface area contributed by atoms with Crippen LogP contribution in [0.25, 0.3) is 0 Å². The summed E-state index contributed by atoms with van der Waals surface area (Å²) in [5.74, 6) is 0.384. The molecule has 4 rings (SSSR count). The maximum Gasteiger partial charge on any atom is 0.322 e. The molecule has 3 aliphatic rings. The van der Waals surface area contributed by atoms with Crippen molar-refractivity contribution in [2.75, 3.05) is 13.2 Å². The molecule has 22 heavy (non-hydrogen) atoms. The molecular formula is C15H17BN2O4. The van der Waals surface area contributed by atoms with Crippen LogP contribution < -0.4 is 20.8 Å². The molecule has 1 atom stereocenters. The van der Waals surface area contributed by atoms with Gasteiger partial charge in [0.15, 0.2) is 5.54 Å². The van der Waals surface area contributed by atoms with E-state index in [1.807, 2.05) is 26.0 Å². The zero-order chi connectivity index (χ0) is 15.4. The van der Waals surface area contributed by atoms with Gasteiger partial charge in [-0.1, -0.05) is 17.6 Å². The van der Waals surface area contributed by atoms with Gasteiger partial charge < -0.3 is 14.8 Å². The van der Waals surface area contributed by atoms with Gasteiger partial charge in [-0.15, -0.1) is 0 Å². The number of amides is 3. The highest BCUT2D eigenvalue weighted by Crippen LogP contribution is 2.48. The second-order valence-corrected chi connectivity index (χ2v) is 6.39. The number of imide groups is 1. The third-order valence-electron chi connectivity index (χ3n) is 4.85. The van der Waals surface area contributed by atoms with Gasteiger partial charge in [-0.3, -0.25) is 10.1 Å². The minimum Gasteiger partial charge on any atom is -0.487 e. The van der Waals surface area contributed by atoms with Crippen LogP contribution in [0, 0.1) is 0 Å². The topological polar surface area (TPSA) is 76.7 Å². The largest absolute Gasteiger partial charge is 0.487 e. The highest BCUT2D eigenvalue weighted by molar-refractivity contribution is 6.32. The van der Waals surface area contributed by atoms with E-state index in [-0.39, 0.29) is 5.91 Å². The summed E-state index contributed by atoms with van der Waals surface area (Å²) in [5.41, 5.74) is 0.273. The van der Waals surface area contributed by atoms with Gasteiger partial charge in [-0.05, 0) is 6.07 Å². The van der Waals surface area contributed by atoms with Gasteiger partial charge in [0.05, 0.1) is 13.2 Å². The first-order valence-corrected chi connectivity index (χ1v) is 7.55. The predicted molar refractivity (Wildman–Crippen MR) is 81.0 cm³/mol. The Hall–Kier alpha value is -2.02. The van der Waals surface area contributed by atoms with E-state index >= 15 is 0 Å². The Labute approximate surface area is 129 Å². The first kappa shape index (κ1) is 13.6. The molecule has 1 unspecified atom stereocenters. The summed E-state index contributed by atoms with van der Waals surface area (Å²) in [7, 11) is 1.96. The number of urea groups is 1. The number of carbonyl (C=O) groups excluding carboxylic acids is 2. The number of benzene rings is 1. The van der Waals surface area contributed by atoms with E-state index in [1.165, 1.54) is 0 Å². The number of rotatable bonds is 0. The second kappa shape index (κ2) is 4.49. The maximum absolute atomic E-state index is 12.6. The van der Waals surface area contributed by atoms with Crippen LogP contribution in [0.2, 0.25) is 0 Å². The van der Waals surface area contributed by atoms with Crippen LogP contribution in [0.5, 0.6) is 5.75 Å². The van der Waals surface area contributed by atoms with Gasteiger partial charge in [-0.25, -0.2) is 4.79 Å². The second-order valence-electron chi connectivity index (χ2n) is 6.39. The average molecular weight is 300 g/mol. The molecule has 2 fully saturated rings. The van der Waals surface area contributed by atoms with Crippen molar-refractivity contribution in [1.82, 2.24) is 10.6 Å². The van der Waals surface area contributed by atoms with Crippen LogP contribution in [-0.4, -0.2) is 38.6 Å². The number of hydrogen-bond acceptors (Lipinski definition) is 4. The Balaban J connectivity index is 1.87.